The van der Waals surface area contributed by atoms with Gasteiger partial charge in [-0.15, -0.1) is 0 Å². The normalized spacial score (nSPS) is 11.9. The number of halogens is 3. The summed E-state index contributed by atoms with van der Waals surface area (Å²) in [5, 5.41) is 0. The van der Waals surface area contributed by atoms with Crippen molar-refractivity contribution < 1.29 is 17.9 Å². The van der Waals surface area contributed by atoms with Gasteiger partial charge in [-0.1, -0.05) is 19.9 Å². The lowest BCUT2D eigenvalue weighted by Gasteiger charge is -2.19. The lowest BCUT2D eigenvalue weighted by atomic mass is 9.95. The molecule has 1 nitrogen and oxygen atoms in total. The zero-order valence-corrected chi connectivity index (χ0v) is 9.56. The average molecular weight is 232 g/mol. The predicted molar refractivity (Wildman–Crippen MR) is 56.7 cm³/mol. The smallest absolute Gasteiger partial charge is 0.416 e. The highest BCUT2D eigenvalue weighted by molar-refractivity contribution is 5.43. The minimum absolute atomic E-state index is 0.223. The van der Waals surface area contributed by atoms with Crippen molar-refractivity contribution in [3.63, 3.8) is 0 Å². The van der Waals surface area contributed by atoms with E-state index in [1.54, 1.807) is 26.8 Å². The number of alkyl halides is 3. The molecule has 0 bridgehead atoms. The Morgan fingerprint density at radius 1 is 1.25 bits per heavy atom. The van der Waals surface area contributed by atoms with Gasteiger partial charge in [0.05, 0.1) is 12.2 Å². The third kappa shape index (κ3) is 2.68. The SMILES string of the molecule is CCOc1cccc(C(F)(F)F)c1C(C)C. The molecule has 0 heterocycles. The minimum atomic E-state index is -4.33. The zero-order chi connectivity index (χ0) is 12.3. The van der Waals surface area contributed by atoms with Gasteiger partial charge in [0, 0.05) is 5.56 Å². The maximum absolute atomic E-state index is 12.8. The minimum Gasteiger partial charge on any atom is -0.494 e. The van der Waals surface area contributed by atoms with E-state index in [1.807, 2.05) is 0 Å². The molecule has 0 fully saturated rings. The van der Waals surface area contributed by atoms with E-state index in [9.17, 15) is 13.2 Å². The van der Waals surface area contributed by atoms with Gasteiger partial charge in [-0.25, -0.2) is 0 Å². The molecule has 0 radical (unpaired) electrons. The van der Waals surface area contributed by atoms with Gasteiger partial charge in [0.1, 0.15) is 5.75 Å². The number of ether oxygens (including phenoxy) is 1. The molecule has 0 atom stereocenters. The number of rotatable bonds is 3. The van der Waals surface area contributed by atoms with Crippen LogP contribution in [0.4, 0.5) is 13.2 Å². The second-order valence-electron chi connectivity index (χ2n) is 3.80. The zero-order valence-electron chi connectivity index (χ0n) is 9.56. The van der Waals surface area contributed by atoms with Gasteiger partial charge in [-0.2, -0.15) is 13.2 Å². The quantitative estimate of drug-likeness (QED) is 0.757. The largest absolute Gasteiger partial charge is 0.494 e. The first kappa shape index (κ1) is 12.9. The molecule has 16 heavy (non-hydrogen) atoms. The van der Waals surface area contributed by atoms with Crippen LogP contribution in [0.1, 0.15) is 37.8 Å². The molecule has 0 amide bonds. The fraction of sp³-hybridized carbons (Fsp3) is 0.500. The molecule has 0 aromatic heterocycles. The number of hydrogen-bond acceptors (Lipinski definition) is 1. The number of hydrogen-bond donors (Lipinski definition) is 0. The fourth-order valence-corrected chi connectivity index (χ4v) is 1.67. The lowest BCUT2D eigenvalue weighted by molar-refractivity contribution is -0.138. The molecule has 0 saturated heterocycles. The monoisotopic (exact) mass is 232 g/mol. The van der Waals surface area contributed by atoms with Gasteiger partial charge in [0.2, 0.25) is 0 Å². The van der Waals surface area contributed by atoms with Crippen LogP contribution in [0, 0.1) is 0 Å². The highest BCUT2D eigenvalue weighted by Crippen LogP contribution is 2.39. The van der Waals surface area contributed by atoms with Crippen LogP contribution in [0.3, 0.4) is 0 Å². The summed E-state index contributed by atoms with van der Waals surface area (Å²) in [5.41, 5.74) is -0.370. The molecule has 0 aliphatic heterocycles. The topological polar surface area (TPSA) is 9.23 Å². The van der Waals surface area contributed by atoms with Crippen molar-refractivity contribution in [3.05, 3.63) is 29.3 Å². The molecule has 0 aliphatic rings. The van der Waals surface area contributed by atoms with Gasteiger partial charge < -0.3 is 4.74 Å². The molecule has 90 valence electrons. The average Bonchev–Trinajstić information content (AvgIpc) is 2.16. The maximum Gasteiger partial charge on any atom is 0.416 e. The van der Waals surface area contributed by atoms with Crippen LogP contribution in [0.5, 0.6) is 5.75 Å². The Bertz CT molecular complexity index is 356. The van der Waals surface area contributed by atoms with Crippen LogP contribution in [-0.2, 0) is 6.18 Å². The Morgan fingerprint density at radius 2 is 1.88 bits per heavy atom. The van der Waals surface area contributed by atoms with Crippen molar-refractivity contribution in [1.82, 2.24) is 0 Å². The molecule has 1 aromatic rings. The van der Waals surface area contributed by atoms with Crippen molar-refractivity contribution in [2.75, 3.05) is 6.61 Å². The van der Waals surface area contributed by atoms with Crippen LogP contribution < -0.4 is 4.74 Å². The van der Waals surface area contributed by atoms with E-state index in [0.29, 0.717) is 12.4 Å². The van der Waals surface area contributed by atoms with Crippen molar-refractivity contribution in [2.24, 2.45) is 0 Å². The van der Waals surface area contributed by atoms with Crippen LogP contribution >= 0.6 is 0 Å². The summed E-state index contributed by atoms with van der Waals surface area (Å²) in [4.78, 5) is 0. The van der Waals surface area contributed by atoms with E-state index in [4.69, 9.17) is 4.74 Å². The summed E-state index contributed by atoms with van der Waals surface area (Å²) in [6.45, 7) is 5.57. The standard InChI is InChI=1S/C12H15F3O/c1-4-16-10-7-5-6-9(12(13,14)15)11(10)8(2)3/h5-8H,4H2,1-3H3. The summed E-state index contributed by atoms with van der Waals surface area (Å²) in [7, 11) is 0. The number of benzene rings is 1. The Labute approximate surface area is 93.2 Å². The first-order valence-electron chi connectivity index (χ1n) is 5.20. The molecule has 0 N–H and O–H groups in total. The second-order valence-corrected chi connectivity index (χ2v) is 3.80. The maximum atomic E-state index is 12.8. The molecule has 1 rings (SSSR count). The van der Waals surface area contributed by atoms with Crippen molar-refractivity contribution in [3.8, 4) is 5.75 Å². The third-order valence-electron chi connectivity index (χ3n) is 2.25. The van der Waals surface area contributed by atoms with E-state index in [-0.39, 0.29) is 11.5 Å². The van der Waals surface area contributed by atoms with Crippen molar-refractivity contribution >= 4 is 0 Å². The molecule has 4 heteroatoms. The first-order chi connectivity index (χ1) is 7.38. The molecule has 0 unspecified atom stereocenters. The van der Waals surface area contributed by atoms with Crippen LogP contribution in [-0.4, -0.2) is 6.61 Å². The van der Waals surface area contributed by atoms with Gasteiger partial charge in [0.25, 0.3) is 0 Å². The third-order valence-corrected chi connectivity index (χ3v) is 2.25. The van der Waals surface area contributed by atoms with Crippen LogP contribution in [0.2, 0.25) is 0 Å². The molecular formula is C12H15F3O. The molecule has 0 saturated carbocycles. The summed E-state index contributed by atoms with van der Waals surface area (Å²) < 4.78 is 43.6. The molecule has 1 aromatic carbocycles. The second kappa shape index (κ2) is 4.76. The molecular weight excluding hydrogens is 217 g/mol. The summed E-state index contributed by atoms with van der Waals surface area (Å²) in [6, 6.07) is 4.05. The lowest BCUT2D eigenvalue weighted by Crippen LogP contribution is -2.11. The summed E-state index contributed by atoms with van der Waals surface area (Å²) in [5.74, 6) is 0.103. The highest BCUT2D eigenvalue weighted by Gasteiger charge is 2.35. The van der Waals surface area contributed by atoms with Gasteiger partial charge in [0.15, 0.2) is 0 Å². The Balaban J connectivity index is 3.33. The highest BCUT2D eigenvalue weighted by atomic mass is 19.4. The summed E-state index contributed by atoms with van der Waals surface area (Å²) in [6.07, 6.45) is -4.33. The Kier molecular flexibility index (Phi) is 3.83. The van der Waals surface area contributed by atoms with Crippen LogP contribution in [0.15, 0.2) is 18.2 Å². The van der Waals surface area contributed by atoms with E-state index < -0.39 is 11.7 Å². The molecule has 0 aliphatic carbocycles. The molecule has 0 spiro atoms. The van der Waals surface area contributed by atoms with Gasteiger partial charge in [-0.3, -0.25) is 0 Å². The van der Waals surface area contributed by atoms with Gasteiger partial charge in [-0.05, 0) is 25.0 Å². The fourth-order valence-electron chi connectivity index (χ4n) is 1.67. The predicted octanol–water partition coefficient (Wildman–Crippen LogP) is 4.23. The Hall–Kier alpha value is -1.19. The van der Waals surface area contributed by atoms with Gasteiger partial charge >= 0.3 is 6.18 Å². The van der Waals surface area contributed by atoms with Crippen molar-refractivity contribution in [2.45, 2.75) is 32.9 Å². The van der Waals surface area contributed by atoms with E-state index in [2.05, 4.69) is 0 Å². The first-order valence-corrected chi connectivity index (χ1v) is 5.20. The van der Waals surface area contributed by atoms with Crippen molar-refractivity contribution in [1.29, 1.82) is 0 Å². The van der Waals surface area contributed by atoms with E-state index in [0.717, 1.165) is 6.07 Å². The van der Waals surface area contributed by atoms with E-state index in [1.165, 1.54) is 6.07 Å². The van der Waals surface area contributed by atoms with Crippen LogP contribution in [0.25, 0.3) is 0 Å². The van der Waals surface area contributed by atoms with E-state index >= 15 is 0 Å². The summed E-state index contributed by atoms with van der Waals surface area (Å²) >= 11 is 0. The Morgan fingerprint density at radius 3 is 2.31 bits per heavy atom.